The minimum atomic E-state index is -0.00489. The molecule has 0 saturated carbocycles. The summed E-state index contributed by atoms with van der Waals surface area (Å²) in [7, 11) is 0. The normalized spacial score (nSPS) is 16.8. The maximum atomic E-state index is 2.57. The largest absolute Gasteiger partial charge is 0.144 e. The first-order valence-corrected chi connectivity index (χ1v) is 15.8. The lowest BCUT2D eigenvalue weighted by Crippen LogP contribution is -2.17. The Morgan fingerprint density at radius 1 is 0.528 bits per heavy atom. The molecule has 3 aromatic carbocycles. The molecule has 0 aliphatic heterocycles. The fourth-order valence-corrected chi connectivity index (χ4v) is 11.5. The molecule has 0 radical (unpaired) electrons. The molecule has 9 rings (SSSR count). The van der Waals surface area contributed by atoms with Crippen LogP contribution in [0.3, 0.4) is 0 Å². The average Bonchev–Trinajstić information content (AvgIpc) is 3.65. The van der Waals surface area contributed by atoms with Gasteiger partial charge in [-0.15, -0.1) is 45.3 Å². The van der Waals surface area contributed by atoms with Gasteiger partial charge in [-0.05, 0) is 114 Å². The molecule has 0 bridgehead atoms. The van der Waals surface area contributed by atoms with Gasteiger partial charge in [-0.3, -0.25) is 0 Å². The van der Waals surface area contributed by atoms with Gasteiger partial charge in [0.1, 0.15) is 0 Å². The molecule has 2 aliphatic carbocycles. The highest BCUT2D eigenvalue weighted by molar-refractivity contribution is 7.23. The van der Waals surface area contributed by atoms with E-state index in [4.69, 9.17) is 0 Å². The maximum Gasteiger partial charge on any atom is 0.0399 e. The van der Waals surface area contributed by atoms with E-state index < -0.39 is 0 Å². The SMILES string of the molecule is CC1(C)c2cc3c(cc2-c2sc4cc5ccsc5cc4c21)C(C)(C)c1c-3sc2cc3ccsc3cc12. The number of hydrogen-bond donors (Lipinski definition) is 0. The fourth-order valence-electron chi connectivity index (χ4n) is 7.00. The van der Waals surface area contributed by atoms with Crippen molar-refractivity contribution in [1.29, 1.82) is 0 Å². The summed E-state index contributed by atoms with van der Waals surface area (Å²) in [5, 5.41) is 10.1. The van der Waals surface area contributed by atoms with Crippen LogP contribution in [0.25, 0.3) is 61.2 Å². The molecule has 4 aromatic heterocycles. The van der Waals surface area contributed by atoms with E-state index >= 15 is 0 Å². The second kappa shape index (κ2) is 6.31. The van der Waals surface area contributed by atoms with E-state index in [2.05, 4.69) is 87.0 Å². The summed E-state index contributed by atoms with van der Waals surface area (Å²) in [5.74, 6) is 0. The number of rotatable bonds is 0. The van der Waals surface area contributed by atoms with Crippen LogP contribution in [0.5, 0.6) is 0 Å². The summed E-state index contributed by atoms with van der Waals surface area (Å²) >= 11 is 7.70. The summed E-state index contributed by atoms with van der Waals surface area (Å²) in [6.07, 6.45) is 0. The number of hydrogen-bond acceptors (Lipinski definition) is 4. The standard InChI is InChI=1S/C32H22S4/c1-31(2)21-11-18-22(12-17(21)29-27(31)19-13-23-15(5-7-33-23)9-25(19)35-29)32(3,4)28-20-14-24-16(6-8-34-24)10-26(20)36-30(18)28/h5-14H,1-4H3. The molecule has 0 nitrogen and oxygen atoms in total. The number of fused-ring (bicyclic) bond motifs is 12. The summed E-state index contributed by atoms with van der Waals surface area (Å²) < 4.78 is 5.64. The van der Waals surface area contributed by atoms with E-state index in [1.54, 1.807) is 0 Å². The van der Waals surface area contributed by atoms with Crippen LogP contribution < -0.4 is 0 Å². The smallest absolute Gasteiger partial charge is 0.0399 e. The maximum absolute atomic E-state index is 2.57. The van der Waals surface area contributed by atoms with Crippen LogP contribution >= 0.6 is 45.3 Å². The van der Waals surface area contributed by atoms with E-state index in [9.17, 15) is 0 Å². The van der Waals surface area contributed by atoms with Gasteiger partial charge in [-0.25, -0.2) is 0 Å². The molecule has 0 atom stereocenters. The summed E-state index contributed by atoms with van der Waals surface area (Å²) in [5.41, 5.74) is 8.98. The molecule has 2 aliphatic rings. The number of benzene rings is 3. The van der Waals surface area contributed by atoms with Crippen molar-refractivity contribution in [2.24, 2.45) is 0 Å². The molecule has 0 fully saturated rings. The second-order valence-corrected chi connectivity index (χ2v) is 15.4. The van der Waals surface area contributed by atoms with Crippen molar-refractivity contribution in [2.45, 2.75) is 38.5 Å². The van der Waals surface area contributed by atoms with Crippen molar-refractivity contribution in [3.63, 3.8) is 0 Å². The Kier molecular flexibility index (Phi) is 3.60. The van der Waals surface area contributed by atoms with Crippen molar-refractivity contribution >= 4 is 85.7 Å². The lowest BCUT2D eigenvalue weighted by Gasteiger charge is -2.25. The topological polar surface area (TPSA) is 0 Å². The van der Waals surface area contributed by atoms with Crippen LogP contribution in [0, 0.1) is 0 Å². The second-order valence-electron chi connectivity index (χ2n) is 11.4. The highest BCUT2D eigenvalue weighted by atomic mass is 32.1. The summed E-state index contributed by atoms with van der Waals surface area (Å²) in [4.78, 5) is 2.98. The van der Waals surface area contributed by atoms with Crippen LogP contribution in [0.1, 0.15) is 49.9 Å². The molecule has 0 saturated heterocycles. The lowest BCUT2D eigenvalue weighted by molar-refractivity contribution is 0.658. The number of thiophene rings is 4. The third kappa shape index (κ3) is 2.27. The van der Waals surface area contributed by atoms with Crippen LogP contribution in [0.4, 0.5) is 0 Å². The van der Waals surface area contributed by atoms with Crippen molar-refractivity contribution in [1.82, 2.24) is 0 Å². The van der Waals surface area contributed by atoms with Crippen LogP contribution in [0.15, 0.2) is 59.3 Å². The van der Waals surface area contributed by atoms with Crippen LogP contribution in [0.2, 0.25) is 0 Å². The van der Waals surface area contributed by atoms with E-state index in [-0.39, 0.29) is 10.8 Å². The Hall–Kier alpha value is -2.50. The predicted molar refractivity (Wildman–Crippen MR) is 163 cm³/mol. The van der Waals surface area contributed by atoms with Crippen LogP contribution in [-0.2, 0) is 10.8 Å². The Labute approximate surface area is 225 Å². The minimum Gasteiger partial charge on any atom is -0.144 e. The van der Waals surface area contributed by atoms with Gasteiger partial charge in [0.15, 0.2) is 0 Å². The molecule has 36 heavy (non-hydrogen) atoms. The highest BCUT2D eigenvalue weighted by Crippen LogP contribution is 2.62. The minimum absolute atomic E-state index is 0.00489. The molecular weight excluding hydrogens is 513 g/mol. The third-order valence-electron chi connectivity index (χ3n) is 8.77. The van der Waals surface area contributed by atoms with Crippen molar-refractivity contribution < 1.29 is 0 Å². The zero-order chi connectivity index (χ0) is 24.1. The van der Waals surface area contributed by atoms with E-state index in [1.165, 1.54) is 83.5 Å². The molecular formula is C32H22S4. The van der Waals surface area contributed by atoms with Gasteiger partial charge in [0.25, 0.3) is 0 Å². The zero-order valence-corrected chi connectivity index (χ0v) is 23.7. The molecule has 0 amide bonds. The van der Waals surface area contributed by atoms with Crippen LogP contribution in [-0.4, -0.2) is 0 Å². The van der Waals surface area contributed by atoms with Crippen molar-refractivity contribution in [3.8, 4) is 20.9 Å². The van der Waals surface area contributed by atoms with E-state index in [0.717, 1.165) is 0 Å². The Morgan fingerprint density at radius 3 is 1.42 bits per heavy atom. The zero-order valence-electron chi connectivity index (χ0n) is 20.4. The highest BCUT2D eigenvalue weighted by Gasteiger charge is 2.44. The average molecular weight is 535 g/mol. The quantitative estimate of drug-likeness (QED) is 0.181. The van der Waals surface area contributed by atoms with Gasteiger partial charge >= 0.3 is 0 Å². The Bertz CT molecular complexity index is 1950. The molecule has 4 heteroatoms. The molecule has 0 N–H and O–H groups in total. The Balaban J connectivity index is 1.34. The van der Waals surface area contributed by atoms with Gasteiger partial charge in [0, 0.05) is 39.4 Å². The Morgan fingerprint density at radius 2 is 0.972 bits per heavy atom. The fraction of sp³-hybridized carbons (Fsp3) is 0.188. The van der Waals surface area contributed by atoms with Gasteiger partial charge in [-0.2, -0.15) is 0 Å². The lowest BCUT2D eigenvalue weighted by atomic mass is 9.78. The van der Waals surface area contributed by atoms with Crippen molar-refractivity contribution in [3.05, 3.63) is 81.5 Å². The van der Waals surface area contributed by atoms with Gasteiger partial charge in [-0.1, -0.05) is 27.7 Å². The van der Waals surface area contributed by atoms with Gasteiger partial charge in [0.2, 0.25) is 0 Å². The molecule has 0 spiro atoms. The first-order chi connectivity index (χ1) is 17.3. The summed E-state index contributed by atoms with van der Waals surface area (Å²) in [6.45, 7) is 9.76. The summed E-state index contributed by atoms with van der Waals surface area (Å²) in [6, 6.07) is 19.4. The van der Waals surface area contributed by atoms with Gasteiger partial charge < -0.3 is 0 Å². The third-order valence-corrected chi connectivity index (χ3v) is 12.9. The molecule has 7 aromatic rings. The first kappa shape index (κ1) is 20.5. The van der Waals surface area contributed by atoms with Gasteiger partial charge in [0.05, 0.1) is 0 Å². The van der Waals surface area contributed by atoms with E-state index in [0.29, 0.717) is 0 Å². The predicted octanol–water partition coefficient (Wildman–Crippen LogP) is 11.2. The molecule has 0 unspecified atom stereocenters. The molecule has 4 heterocycles. The first-order valence-electron chi connectivity index (χ1n) is 12.4. The van der Waals surface area contributed by atoms with Crippen molar-refractivity contribution in [2.75, 3.05) is 0 Å². The van der Waals surface area contributed by atoms with E-state index in [1.807, 2.05) is 45.3 Å². The molecule has 174 valence electrons. The monoisotopic (exact) mass is 534 g/mol.